The highest BCUT2D eigenvalue weighted by atomic mass is 14.9. The van der Waals surface area contributed by atoms with Crippen LogP contribution in [0, 0.1) is 5.92 Å². The molecule has 0 aromatic rings. The number of nitrogens with two attached hydrogens (primary N) is 1. The predicted molar refractivity (Wildman–Crippen MR) is 78.3 cm³/mol. The molecule has 0 amide bonds. The van der Waals surface area contributed by atoms with Gasteiger partial charge in [-0.1, -0.05) is 52.9 Å². The van der Waals surface area contributed by atoms with Gasteiger partial charge < -0.3 is 11.1 Å². The Bertz CT molecular complexity index is 164. The van der Waals surface area contributed by atoms with Crippen molar-refractivity contribution in [2.75, 3.05) is 13.1 Å². The van der Waals surface area contributed by atoms with Crippen molar-refractivity contribution in [2.24, 2.45) is 11.7 Å². The molecule has 1 atom stereocenters. The highest BCUT2D eigenvalue weighted by molar-refractivity contribution is 4.80. The van der Waals surface area contributed by atoms with Crippen LogP contribution in [0.1, 0.15) is 72.6 Å². The Morgan fingerprint density at radius 3 is 2.35 bits per heavy atom. The van der Waals surface area contributed by atoms with Gasteiger partial charge in [0.1, 0.15) is 0 Å². The van der Waals surface area contributed by atoms with Crippen LogP contribution < -0.4 is 11.1 Å². The van der Waals surface area contributed by atoms with Crippen molar-refractivity contribution < 1.29 is 0 Å². The Morgan fingerprint density at radius 1 is 1.12 bits per heavy atom. The molecule has 17 heavy (non-hydrogen) atoms. The summed E-state index contributed by atoms with van der Waals surface area (Å²) in [5.41, 5.74) is 6.14. The van der Waals surface area contributed by atoms with E-state index < -0.39 is 0 Å². The molecule has 0 fully saturated rings. The van der Waals surface area contributed by atoms with Crippen LogP contribution in [0.15, 0.2) is 0 Å². The third-order valence-electron chi connectivity index (χ3n) is 3.23. The van der Waals surface area contributed by atoms with Crippen LogP contribution in [0.3, 0.4) is 0 Å². The van der Waals surface area contributed by atoms with E-state index in [2.05, 4.69) is 33.0 Å². The van der Waals surface area contributed by atoms with Crippen molar-refractivity contribution in [1.82, 2.24) is 5.32 Å². The van der Waals surface area contributed by atoms with Gasteiger partial charge in [0.2, 0.25) is 0 Å². The number of nitrogens with one attached hydrogen (secondary N) is 1. The Balaban J connectivity index is 3.23. The van der Waals surface area contributed by atoms with E-state index in [1.54, 1.807) is 0 Å². The second kappa shape index (κ2) is 9.90. The lowest BCUT2D eigenvalue weighted by molar-refractivity contribution is 0.393. The number of rotatable bonds is 11. The van der Waals surface area contributed by atoms with Crippen LogP contribution in [0.25, 0.3) is 0 Å². The topological polar surface area (TPSA) is 38.0 Å². The van der Waals surface area contributed by atoms with Crippen LogP contribution in [-0.2, 0) is 0 Å². The molecule has 0 saturated carbocycles. The molecule has 1 unspecified atom stereocenters. The predicted octanol–water partition coefficient (Wildman–Crippen LogP) is 3.70. The fourth-order valence-corrected chi connectivity index (χ4v) is 2.19. The second-order valence-corrected chi connectivity index (χ2v) is 6.18. The van der Waals surface area contributed by atoms with Crippen LogP contribution in [-0.4, -0.2) is 18.6 Å². The van der Waals surface area contributed by atoms with Gasteiger partial charge in [0.15, 0.2) is 0 Å². The lowest BCUT2D eigenvalue weighted by Crippen LogP contribution is -2.46. The minimum atomic E-state index is -0.0214. The standard InChI is InChI=1S/C15H34N2/c1-5-11-15(4,16)13-17-12-9-7-6-8-10-14(2)3/h14,17H,5-13,16H2,1-4H3. The van der Waals surface area contributed by atoms with Crippen molar-refractivity contribution in [3.63, 3.8) is 0 Å². The van der Waals surface area contributed by atoms with Crippen molar-refractivity contribution in [2.45, 2.75) is 78.2 Å². The highest BCUT2D eigenvalue weighted by Gasteiger charge is 2.15. The van der Waals surface area contributed by atoms with Gasteiger partial charge in [-0.05, 0) is 32.2 Å². The third kappa shape index (κ3) is 12.2. The zero-order valence-electron chi connectivity index (χ0n) is 12.5. The SMILES string of the molecule is CCCC(C)(N)CNCCCCCCC(C)C. The smallest absolute Gasteiger partial charge is 0.0252 e. The molecule has 0 spiro atoms. The third-order valence-corrected chi connectivity index (χ3v) is 3.23. The zero-order valence-corrected chi connectivity index (χ0v) is 12.5. The second-order valence-electron chi connectivity index (χ2n) is 6.18. The van der Waals surface area contributed by atoms with E-state index in [0.29, 0.717) is 0 Å². The van der Waals surface area contributed by atoms with E-state index in [0.717, 1.165) is 25.4 Å². The zero-order chi connectivity index (χ0) is 13.1. The van der Waals surface area contributed by atoms with Gasteiger partial charge in [0.05, 0.1) is 0 Å². The van der Waals surface area contributed by atoms with Gasteiger partial charge in [-0.3, -0.25) is 0 Å². The first-order valence-corrected chi connectivity index (χ1v) is 7.47. The van der Waals surface area contributed by atoms with Crippen molar-refractivity contribution in [1.29, 1.82) is 0 Å². The van der Waals surface area contributed by atoms with Gasteiger partial charge in [-0.25, -0.2) is 0 Å². The van der Waals surface area contributed by atoms with Crippen molar-refractivity contribution >= 4 is 0 Å². The van der Waals surface area contributed by atoms with Gasteiger partial charge in [0, 0.05) is 12.1 Å². The summed E-state index contributed by atoms with van der Waals surface area (Å²) in [5, 5.41) is 3.49. The first-order chi connectivity index (χ1) is 7.98. The maximum absolute atomic E-state index is 6.16. The molecule has 0 aliphatic carbocycles. The summed E-state index contributed by atoms with van der Waals surface area (Å²) in [6.07, 6.45) is 9.08. The first kappa shape index (κ1) is 16.9. The molecule has 0 heterocycles. The van der Waals surface area contributed by atoms with Crippen molar-refractivity contribution in [3.8, 4) is 0 Å². The normalized spacial score (nSPS) is 15.2. The van der Waals surface area contributed by atoms with E-state index in [1.807, 2.05) is 0 Å². The Morgan fingerprint density at radius 2 is 1.76 bits per heavy atom. The fourth-order valence-electron chi connectivity index (χ4n) is 2.19. The number of hydrogen-bond donors (Lipinski definition) is 2. The molecule has 0 rings (SSSR count). The molecule has 0 aromatic carbocycles. The minimum Gasteiger partial charge on any atom is -0.324 e. The molecule has 3 N–H and O–H groups in total. The maximum Gasteiger partial charge on any atom is 0.0252 e. The summed E-state index contributed by atoms with van der Waals surface area (Å²) in [4.78, 5) is 0. The molecule has 2 heteroatoms. The highest BCUT2D eigenvalue weighted by Crippen LogP contribution is 2.09. The minimum absolute atomic E-state index is 0.0214. The molecule has 104 valence electrons. The van der Waals surface area contributed by atoms with Crippen molar-refractivity contribution in [3.05, 3.63) is 0 Å². The van der Waals surface area contributed by atoms with E-state index in [-0.39, 0.29) is 5.54 Å². The van der Waals surface area contributed by atoms with E-state index >= 15 is 0 Å². The van der Waals surface area contributed by atoms with Crippen LogP contribution in [0.4, 0.5) is 0 Å². The summed E-state index contributed by atoms with van der Waals surface area (Å²) in [5.74, 6) is 0.861. The Hall–Kier alpha value is -0.0800. The van der Waals surface area contributed by atoms with Gasteiger partial charge in [0.25, 0.3) is 0 Å². The largest absolute Gasteiger partial charge is 0.324 e. The molecular weight excluding hydrogens is 208 g/mol. The summed E-state index contributed by atoms with van der Waals surface area (Å²) in [6, 6.07) is 0. The van der Waals surface area contributed by atoms with Gasteiger partial charge in [-0.2, -0.15) is 0 Å². The monoisotopic (exact) mass is 242 g/mol. The molecule has 0 aliphatic heterocycles. The van der Waals surface area contributed by atoms with Gasteiger partial charge >= 0.3 is 0 Å². The average molecular weight is 242 g/mol. The van der Waals surface area contributed by atoms with Crippen LogP contribution in [0.2, 0.25) is 0 Å². The summed E-state index contributed by atoms with van der Waals surface area (Å²) >= 11 is 0. The molecule has 0 aromatic heterocycles. The lowest BCUT2D eigenvalue weighted by atomic mass is 9.97. The lowest BCUT2D eigenvalue weighted by Gasteiger charge is -2.24. The first-order valence-electron chi connectivity index (χ1n) is 7.47. The molecule has 0 aliphatic rings. The molecule has 0 radical (unpaired) electrons. The van der Waals surface area contributed by atoms with Crippen LogP contribution in [0.5, 0.6) is 0 Å². The summed E-state index contributed by atoms with van der Waals surface area (Å²) in [6.45, 7) is 11.0. The average Bonchev–Trinajstić information content (AvgIpc) is 2.21. The Labute approximate surface area is 109 Å². The molecular formula is C15H34N2. The quantitative estimate of drug-likeness (QED) is 0.542. The molecule has 0 bridgehead atoms. The summed E-state index contributed by atoms with van der Waals surface area (Å²) < 4.78 is 0. The van der Waals surface area contributed by atoms with Crippen LogP contribution >= 0.6 is 0 Å². The maximum atomic E-state index is 6.16. The van der Waals surface area contributed by atoms with Gasteiger partial charge in [-0.15, -0.1) is 0 Å². The summed E-state index contributed by atoms with van der Waals surface area (Å²) in [7, 11) is 0. The van der Waals surface area contributed by atoms with E-state index in [1.165, 1.54) is 38.5 Å². The molecule has 0 saturated heterocycles. The van der Waals surface area contributed by atoms with E-state index in [9.17, 15) is 0 Å². The fraction of sp³-hybridized carbons (Fsp3) is 1.00. The number of unbranched alkanes of at least 4 members (excludes halogenated alkanes) is 3. The number of hydrogen-bond acceptors (Lipinski definition) is 2. The Kier molecular flexibility index (Phi) is 9.85. The molecule has 2 nitrogen and oxygen atoms in total. The van der Waals surface area contributed by atoms with E-state index in [4.69, 9.17) is 5.73 Å².